The quantitative estimate of drug-likeness (QED) is 0.240. The van der Waals surface area contributed by atoms with Crippen LogP contribution in [0.1, 0.15) is 44.5 Å². The highest BCUT2D eigenvalue weighted by Crippen LogP contribution is 2.55. The van der Waals surface area contributed by atoms with Crippen LogP contribution in [0.25, 0.3) is 22.3 Å². The maximum Gasteiger partial charge on any atom is 0.141 e. The van der Waals surface area contributed by atoms with Gasteiger partial charge in [0.2, 0.25) is 0 Å². The summed E-state index contributed by atoms with van der Waals surface area (Å²) >= 11 is 0. The Bertz CT molecular complexity index is 1760. The molecule has 2 nitrogen and oxygen atoms in total. The Morgan fingerprint density at radius 1 is 0.514 bits per heavy atom. The van der Waals surface area contributed by atoms with Crippen molar-refractivity contribution in [3.63, 3.8) is 0 Å². The standard InChI is InChI=1S/C33H22N2/c1-3-9-25-19(6-1)12-22-18-31-23(16-27(22)25)13-24-17-28-26-10-4-2-7-20(26)14-29(28)30-15-21-8-5-11-34-33(21)35(31)32(24)30/h1-11,16-18H,12-15H2. The number of benzene rings is 4. The highest BCUT2D eigenvalue weighted by Gasteiger charge is 2.37. The summed E-state index contributed by atoms with van der Waals surface area (Å²) in [7, 11) is 0. The van der Waals surface area contributed by atoms with Gasteiger partial charge in [0.05, 0.1) is 11.4 Å². The zero-order valence-corrected chi connectivity index (χ0v) is 19.3. The van der Waals surface area contributed by atoms with Gasteiger partial charge in [0.15, 0.2) is 0 Å². The predicted octanol–water partition coefficient (Wildman–Crippen LogP) is 7.50. The molecule has 0 bridgehead atoms. The monoisotopic (exact) mass is 446 g/mol. The van der Waals surface area contributed by atoms with E-state index in [9.17, 15) is 0 Å². The minimum Gasteiger partial charge on any atom is -0.294 e. The number of fused-ring (bicyclic) bond motifs is 11. The van der Waals surface area contributed by atoms with Crippen molar-refractivity contribution in [3.05, 3.63) is 130 Å². The lowest BCUT2D eigenvalue weighted by Crippen LogP contribution is -2.26. The fourth-order valence-electron chi connectivity index (χ4n) is 7.07. The van der Waals surface area contributed by atoms with E-state index < -0.39 is 0 Å². The summed E-state index contributed by atoms with van der Waals surface area (Å²) in [5.41, 5.74) is 19.9. The molecule has 0 amide bonds. The van der Waals surface area contributed by atoms with E-state index in [-0.39, 0.29) is 0 Å². The number of hydrogen-bond acceptors (Lipinski definition) is 2. The number of nitrogens with zero attached hydrogens (tertiary/aromatic N) is 2. The summed E-state index contributed by atoms with van der Waals surface area (Å²) in [4.78, 5) is 7.43. The summed E-state index contributed by atoms with van der Waals surface area (Å²) in [6.45, 7) is 0. The molecular weight excluding hydrogens is 424 g/mol. The normalized spacial score (nSPS) is 14.9. The maximum absolute atomic E-state index is 4.94. The van der Waals surface area contributed by atoms with E-state index >= 15 is 0 Å². The zero-order chi connectivity index (χ0) is 22.7. The van der Waals surface area contributed by atoms with Crippen LogP contribution in [0.15, 0.2) is 85.1 Å². The van der Waals surface area contributed by atoms with Crippen LogP contribution < -0.4 is 4.90 Å². The zero-order valence-electron chi connectivity index (χ0n) is 19.3. The van der Waals surface area contributed by atoms with Crippen LogP contribution in [0.5, 0.6) is 0 Å². The number of rotatable bonds is 0. The Kier molecular flexibility index (Phi) is 3.27. The average Bonchev–Trinajstić information content (AvgIpc) is 3.45. The van der Waals surface area contributed by atoms with E-state index in [1.807, 2.05) is 6.20 Å². The molecule has 2 heteroatoms. The number of anilines is 3. The van der Waals surface area contributed by atoms with Gasteiger partial charge in [0.1, 0.15) is 5.82 Å². The molecule has 0 saturated carbocycles. The Morgan fingerprint density at radius 3 is 2.09 bits per heavy atom. The third-order valence-electron chi connectivity index (χ3n) is 8.56. The fraction of sp³-hybridized carbons (Fsp3) is 0.121. The highest BCUT2D eigenvalue weighted by atomic mass is 15.2. The molecule has 1 aromatic heterocycles. The van der Waals surface area contributed by atoms with Crippen molar-refractivity contribution in [2.24, 2.45) is 0 Å². The van der Waals surface area contributed by atoms with Gasteiger partial charge in [0, 0.05) is 19.0 Å². The first-order valence-electron chi connectivity index (χ1n) is 12.6. The first-order valence-corrected chi connectivity index (χ1v) is 12.6. The van der Waals surface area contributed by atoms with Crippen LogP contribution in [0.4, 0.5) is 17.2 Å². The van der Waals surface area contributed by atoms with Gasteiger partial charge in [0.25, 0.3) is 0 Å². The Morgan fingerprint density at radius 2 is 1.20 bits per heavy atom. The van der Waals surface area contributed by atoms with E-state index in [1.165, 1.54) is 78.1 Å². The number of pyridine rings is 1. The van der Waals surface area contributed by atoms with Gasteiger partial charge < -0.3 is 0 Å². The average molecular weight is 447 g/mol. The number of hydrogen-bond donors (Lipinski definition) is 0. The van der Waals surface area contributed by atoms with Crippen molar-refractivity contribution in [2.45, 2.75) is 25.7 Å². The molecule has 4 aliphatic rings. The first-order chi connectivity index (χ1) is 17.3. The topological polar surface area (TPSA) is 16.1 Å². The minimum absolute atomic E-state index is 0.963. The second kappa shape index (κ2) is 6.28. The summed E-state index contributed by atoms with van der Waals surface area (Å²) in [6, 6.07) is 29.6. The lowest BCUT2D eigenvalue weighted by atomic mass is 9.82. The second-order valence-electron chi connectivity index (χ2n) is 10.4. The third-order valence-corrected chi connectivity index (χ3v) is 8.56. The van der Waals surface area contributed by atoms with Crippen LogP contribution in [0.3, 0.4) is 0 Å². The molecule has 0 unspecified atom stereocenters. The molecule has 0 radical (unpaired) electrons. The van der Waals surface area contributed by atoms with Crippen molar-refractivity contribution in [1.29, 1.82) is 0 Å². The minimum atomic E-state index is 0.963. The molecule has 2 aliphatic heterocycles. The van der Waals surface area contributed by atoms with Gasteiger partial charge in [-0.25, -0.2) is 4.98 Å². The summed E-state index contributed by atoms with van der Waals surface area (Å²) in [5, 5.41) is 0. The number of aromatic nitrogens is 1. The first kappa shape index (κ1) is 18.2. The molecule has 0 atom stereocenters. The van der Waals surface area contributed by atoms with Crippen LogP contribution in [0, 0.1) is 0 Å². The van der Waals surface area contributed by atoms with E-state index in [2.05, 4.69) is 83.8 Å². The van der Waals surface area contributed by atoms with E-state index in [0.29, 0.717) is 0 Å². The Balaban J connectivity index is 1.33. The molecule has 3 heterocycles. The molecule has 5 aromatic rings. The van der Waals surface area contributed by atoms with Gasteiger partial charge in [-0.2, -0.15) is 0 Å². The van der Waals surface area contributed by atoms with Crippen molar-refractivity contribution in [3.8, 4) is 22.3 Å². The van der Waals surface area contributed by atoms with Crippen molar-refractivity contribution >= 4 is 17.2 Å². The van der Waals surface area contributed by atoms with Gasteiger partial charge >= 0.3 is 0 Å². The molecule has 2 aliphatic carbocycles. The largest absolute Gasteiger partial charge is 0.294 e. The fourth-order valence-corrected chi connectivity index (χ4v) is 7.07. The van der Waals surface area contributed by atoms with E-state index in [1.54, 1.807) is 0 Å². The highest BCUT2D eigenvalue weighted by molar-refractivity contribution is 5.94. The lowest BCUT2D eigenvalue weighted by molar-refractivity contribution is 0.966. The molecule has 164 valence electrons. The molecule has 0 saturated heterocycles. The summed E-state index contributed by atoms with van der Waals surface area (Å²) < 4.78 is 0. The van der Waals surface area contributed by atoms with Gasteiger partial charge in [-0.1, -0.05) is 54.6 Å². The van der Waals surface area contributed by atoms with Crippen molar-refractivity contribution in [2.75, 3.05) is 4.90 Å². The second-order valence-corrected chi connectivity index (χ2v) is 10.4. The summed E-state index contributed by atoms with van der Waals surface area (Å²) in [6.07, 6.45) is 5.93. The molecule has 4 aromatic carbocycles. The lowest BCUT2D eigenvalue weighted by Gasteiger charge is -2.39. The van der Waals surface area contributed by atoms with Crippen LogP contribution in [-0.2, 0) is 25.7 Å². The predicted molar refractivity (Wildman–Crippen MR) is 141 cm³/mol. The van der Waals surface area contributed by atoms with Crippen LogP contribution in [0.2, 0.25) is 0 Å². The maximum atomic E-state index is 4.94. The van der Waals surface area contributed by atoms with E-state index in [0.717, 1.165) is 31.5 Å². The van der Waals surface area contributed by atoms with Crippen molar-refractivity contribution in [1.82, 2.24) is 4.98 Å². The smallest absolute Gasteiger partial charge is 0.141 e. The van der Waals surface area contributed by atoms with Crippen molar-refractivity contribution < 1.29 is 0 Å². The molecule has 0 fully saturated rings. The van der Waals surface area contributed by atoms with Gasteiger partial charge in [-0.15, -0.1) is 0 Å². The molecule has 9 rings (SSSR count). The Labute approximate surface area is 204 Å². The third kappa shape index (κ3) is 2.27. The molecular formula is C33H22N2. The molecule has 35 heavy (non-hydrogen) atoms. The Hall–Kier alpha value is -4.17. The van der Waals surface area contributed by atoms with Crippen LogP contribution in [-0.4, -0.2) is 4.98 Å². The molecule has 0 N–H and O–H groups in total. The summed E-state index contributed by atoms with van der Waals surface area (Å²) in [5.74, 6) is 1.10. The van der Waals surface area contributed by atoms with Gasteiger partial charge in [-0.3, -0.25) is 4.90 Å². The SMILES string of the molecule is c1ccc2c(c1)Cc1cc3c(cc1-2)Cc1cc2c(c4c1N3c1ncccc1C4)Cc1ccccc1-2. The van der Waals surface area contributed by atoms with E-state index in [4.69, 9.17) is 4.98 Å². The van der Waals surface area contributed by atoms with Gasteiger partial charge in [-0.05, 0) is 104 Å². The molecule has 0 spiro atoms. The van der Waals surface area contributed by atoms with Crippen LogP contribution >= 0.6 is 0 Å².